The summed E-state index contributed by atoms with van der Waals surface area (Å²) in [6, 6.07) is 14.2. The average molecular weight is 308 g/mol. The van der Waals surface area contributed by atoms with Crippen molar-refractivity contribution < 1.29 is 9.52 Å². The summed E-state index contributed by atoms with van der Waals surface area (Å²) in [6.07, 6.45) is 0. The molecule has 5 heteroatoms. The quantitative estimate of drug-likeness (QED) is 0.440. The van der Waals surface area contributed by atoms with Crippen LogP contribution in [0.3, 0.4) is 0 Å². The highest BCUT2D eigenvalue weighted by atomic mass is 16.4. The van der Waals surface area contributed by atoms with Gasteiger partial charge in [-0.3, -0.25) is 5.43 Å². The van der Waals surface area contributed by atoms with Crippen molar-refractivity contribution in [1.29, 1.82) is 0 Å². The van der Waals surface area contributed by atoms with Crippen LogP contribution < -0.4 is 11.1 Å². The van der Waals surface area contributed by atoms with Gasteiger partial charge in [-0.15, -0.1) is 0 Å². The predicted molar refractivity (Wildman–Crippen MR) is 91.2 cm³/mol. The number of phenols is 1. The minimum absolute atomic E-state index is 0.0161. The van der Waals surface area contributed by atoms with Crippen LogP contribution in [0.2, 0.25) is 0 Å². The monoisotopic (exact) mass is 308 g/mol. The molecule has 0 amide bonds. The first-order valence-electron chi connectivity index (χ1n) is 7.18. The Morgan fingerprint density at radius 2 is 1.91 bits per heavy atom. The summed E-state index contributed by atoms with van der Waals surface area (Å²) >= 11 is 0. The topological polar surface area (TPSA) is 74.8 Å². The minimum Gasteiger partial charge on any atom is -0.507 e. The number of nitrogens with one attached hydrogen (secondary N) is 1. The van der Waals surface area contributed by atoms with Crippen molar-refractivity contribution in [3.8, 4) is 5.75 Å². The number of anilines is 1. The number of hydrogen-bond donors (Lipinski definition) is 2. The lowest BCUT2D eigenvalue weighted by atomic mass is 10.0. The summed E-state index contributed by atoms with van der Waals surface area (Å²) in [6.45, 7) is 3.57. The lowest BCUT2D eigenvalue weighted by Crippen LogP contribution is -2.05. The van der Waals surface area contributed by atoms with Crippen molar-refractivity contribution in [2.24, 2.45) is 5.10 Å². The smallest absolute Gasteiger partial charge is 0.336 e. The molecule has 1 aromatic heterocycles. The maximum Gasteiger partial charge on any atom is 0.336 e. The van der Waals surface area contributed by atoms with Gasteiger partial charge < -0.3 is 9.52 Å². The van der Waals surface area contributed by atoms with Gasteiger partial charge in [0.2, 0.25) is 0 Å². The molecule has 0 bridgehead atoms. The molecule has 0 radical (unpaired) electrons. The van der Waals surface area contributed by atoms with E-state index in [0.29, 0.717) is 16.9 Å². The lowest BCUT2D eigenvalue weighted by molar-refractivity contribution is 0.471. The van der Waals surface area contributed by atoms with E-state index in [2.05, 4.69) is 10.5 Å². The number of nitrogens with zero attached hydrogens (tertiary/aromatic N) is 1. The van der Waals surface area contributed by atoms with Crippen LogP contribution in [0.15, 0.2) is 62.8 Å². The molecule has 0 aliphatic carbocycles. The number of aromatic hydroxyl groups is 1. The molecule has 116 valence electrons. The summed E-state index contributed by atoms with van der Waals surface area (Å²) in [5, 5.41) is 15.2. The first-order valence-corrected chi connectivity index (χ1v) is 7.18. The van der Waals surface area contributed by atoms with E-state index in [-0.39, 0.29) is 5.75 Å². The molecule has 23 heavy (non-hydrogen) atoms. The fourth-order valence-corrected chi connectivity index (χ4v) is 2.44. The normalized spacial score (nSPS) is 11.7. The molecule has 0 aliphatic rings. The van der Waals surface area contributed by atoms with Crippen molar-refractivity contribution in [2.45, 2.75) is 13.8 Å². The van der Waals surface area contributed by atoms with Crippen molar-refractivity contribution in [3.05, 3.63) is 70.1 Å². The molecular weight excluding hydrogens is 292 g/mol. The van der Waals surface area contributed by atoms with Gasteiger partial charge in [-0.2, -0.15) is 5.10 Å². The van der Waals surface area contributed by atoms with Crippen molar-refractivity contribution in [3.63, 3.8) is 0 Å². The molecule has 1 heterocycles. The first-order chi connectivity index (χ1) is 11.1. The predicted octanol–water partition coefficient (Wildman–Crippen LogP) is 3.64. The molecule has 3 rings (SSSR count). The molecule has 0 atom stereocenters. The second-order valence-electron chi connectivity index (χ2n) is 5.26. The summed E-state index contributed by atoms with van der Waals surface area (Å²) in [5.41, 5.74) is 5.35. The molecule has 3 aromatic rings. The summed E-state index contributed by atoms with van der Waals surface area (Å²) in [4.78, 5) is 11.7. The molecule has 0 spiro atoms. The van der Waals surface area contributed by atoms with Gasteiger partial charge in [0.15, 0.2) is 5.58 Å². The third kappa shape index (κ3) is 2.94. The van der Waals surface area contributed by atoms with Crippen molar-refractivity contribution >= 4 is 22.4 Å². The van der Waals surface area contributed by atoms with Gasteiger partial charge in [-0.1, -0.05) is 18.2 Å². The van der Waals surface area contributed by atoms with E-state index >= 15 is 0 Å². The van der Waals surface area contributed by atoms with Crippen LogP contribution in [0.25, 0.3) is 11.0 Å². The maximum atomic E-state index is 11.7. The Bertz CT molecular complexity index is 944. The number of fused-ring (bicyclic) bond motifs is 1. The van der Waals surface area contributed by atoms with E-state index in [0.717, 1.165) is 16.6 Å². The Labute approximate surface area is 132 Å². The Hall–Kier alpha value is -3.08. The Morgan fingerprint density at radius 3 is 2.65 bits per heavy atom. The van der Waals surface area contributed by atoms with Crippen molar-refractivity contribution in [2.75, 3.05) is 5.43 Å². The highest BCUT2D eigenvalue weighted by molar-refractivity contribution is 6.10. The number of benzene rings is 2. The van der Waals surface area contributed by atoms with E-state index in [1.54, 1.807) is 19.1 Å². The molecule has 0 unspecified atom stereocenters. The van der Waals surface area contributed by atoms with Gasteiger partial charge in [0.25, 0.3) is 0 Å². The van der Waals surface area contributed by atoms with Gasteiger partial charge in [0.1, 0.15) is 5.75 Å². The molecule has 2 N–H and O–H groups in total. The minimum atomic E-state index is -0.453. The lowest BCUT2D eigenvalue weighted by Gasteiger charge is -2.09. The number of rotatable bonds is 3. The van der Waals surface area contributed by atoms with Crippen LogP contribution in [-0.2, 0) is 0 Å². The maximum absolute atomic E-state index is 11.7. The third-order valence-corrected chi connectivity index (χ3v) is 3.59. The summed E-state index contributed by atoms with van der Waals surface area (Å²) in [7, 11) is 0. The van der Waals surface area contributed by atoms with Gasteiger partial charge in [0.05, 0.1) is 17.0 Å². The molecule has 5 nitrogen and oxygen atoms in total. The van der Waals surface area contributed by atoms with Gasteiger partial charge in [-0.25, -0.2) is 4.79 Å². The van der Waals surface area contributed by atoms with E-state index in [1.165, 1.54) is 6.07 Å². The fraction of sp³-hybridized carbons (Fsp3) is 0.111. The van der Waals surface area contributed by atoms with Crippen molar-refractivity contribution in [1.82, 2.24) is 0 Å². The third-order valence-electron chi connectivity index (χ3n) is 3.59. The van der Waals surface area contributed by atoms with Gasteiger partial charge in [-0.05, 0) is 43.7 Å². The van der Waals surface area contributed by atoms with Gasteiger partial charge >= 0.3 is 5.63 Å². The molecule has 2 aromatic carbocycles. The fourth-order valence-electron chi connectivity index (χ4n) is 2.44. The zero-order chi connectivity index (χ0) is 16.4. The van der Waals surface area contributed by atoms with E-state index in [1.807, 2.05) is 37.3 Å². The number of hydrogen-bond acceptors (Lipinski definition) is 5. The highest BCUT2D eigenvalue weighted by Crippen LogP contribution is 2.28. The van der Waals surface area contributed by atoms with Crippen LogP contribution in [0.5, 0.6) is 5.75 Å². The van der Waals surface area contributed by atoms with Crippen LogP contribution >= 0.6 is 0 Å². The van der Waals surface area contributed by atoms with Crippen LogP contribution in [0, 0.1) is 6.92 Å². The van der Waals surface area contributed by atoms with Gasteiger partial charge in [0, 0.05) is 11.5 Å². The Kier molecular flexibility index (Phi) is 3.85. The van der Waals surface area contributed by atoms with Crippen LogP contribution in [0.4, 0.5) is 5.69 Å². The summed E-state index contributed by atoms with van der Waals surface area (Å²) in [5.74, 6) is 0.0161. The number of para-hydroxylation sites is 1. The largest absolute Gasteiger partial charge is 0.507 e. The highest BCUT2D eigenvalue weighted by Gasteiger charge is 2.14. The van der Waals surface area contributed by atoms with E-state index in [4.69, 9.17) is 4.42 Å². The first kappa shape index (κ1) is 14.8. The second-order valence-corrected chi connectivity index (χ2v) is 5.26. The Balaban J connectivity index is 2.11. The Morgan fingerprint density at radius 1 is 1.17 bits per heavy atom. The molecular formula is C18H16N2O3. The van der Waals surface area contributed by atoms with Crippen LogP contribution in [0.1, 0.15) is 18.1 Å². The van der Waals surface area contributed by atoms with E-state index < -0.39 is 5.63 Å². The van der Waals surface area contributed by atoms with E-state index in [9.17, 15) is 9.90 Å². The summed E-state index contributed by atoms with van der Waals surface area (Å²) < 4.78 is 5.30. The molecule has 0 saturated heterocycles. The average Bonchev–Trinajstić information content (AvgIpc) is 2.53. The zero-order valence-corrected chi connectivity index (χ0v) is 12.8. The number of aryl methyl sites for hydroxylation is 1. The molecule has 0 aliphatic heterocycles. The van der Waals surface area contributed by atoms with Crippen LogP contribution in [-0.4, -0.2) is 10.8 Å². The number of hydrazone groups is 1. The number of phenolic OH excluding ortho intramolecular Hbond substituents is 1. The second kappa shape index (κ2) is 5.96. The SMILES string of the molecule is CC(=NNc1ccccc1)c1c(O)ccc2c(C)cc(=O)oc12. The molecule has 0 fully saturated rings. The standard InChI is InChI=1S/C18H16N2O3/c1-11-10-16(22)23-18-14(11)8-9-15(21)17(18)12(2)19-20-13-6-4-3-5-7-13/h3-10,20-21H,1-2H3. The molecule has 0 saturated carbocycles. The zero-order valence-electron chi connectivity index (χ0n) is 12.8.